The van der Waals surface area contributed by atoms with Gasteiger partial charge in [-0.25, -0.2) is 0 Å². The highest BCUT2D eigenvalue weighted by Crippen LogP contribution is 2.29. The molecular formula is C10H15F3N2. The molecule has 1 fully saturated rings. The van der Waals surface area contributed by atoms with Gasteiger partial charge in [0, 0.05) is 13.1 Å². The fourth-order valence-corrected chi connectivity index (χ4v) is 1.72. The zero-order chi connectivity index (χ0) is 11.5. The Morgan fingerprint density at radius 3 is 2.40 bits per heavy atom. The lowest BCUT2D eigenvalue weighted by molar-refractivity contribution is -0.162. The predicted molar refractivity (Wildman–Crippen MR) is 50.0 cm³/mol. The second kappa shape index (κ2) is 4.84. The molecule has 0 saturated heterocycles. The number of nitrogens with zero attached hydrogens (tertiary/aromatic N) is 2. The molecule has 1 aliphatic rings. The van der Waals surface area contributed by atoms with E-state index in [0.29, 0.717) is 12.5 Å². The lowest BCUT2D eigenvalue weighted by atomic mass is 9.85. The normalized spacial score (nSPS) is 19.7. The van der Waals surface area contributed by atoms with Crippen LogP contribution in [0.5, 0.6) is 0 Å². The Bertz CT molecular complexity index is 240. The average molecular weight is 220 g/mol. The fraction of sp³-hybridized carbons (Fsp3) is 0.900. The molecule has 1 atom stereocenters. The number of alkyl halides is 3. The van der Waals surface area contributed by atoms with E-state index >= 15 is 0 Å². The van der Waals surface area contributed by atoms with Crippen molar-refractivity contribution in [2.45, 2.75) is 25.4 Å². The molecule has 86 valence electrons. The van der Waals surface area contributed by atoms with Crippen LogP contribution in [0.2, 0.25) is 0 Å². The summed E-state index contributed by atoms with van der Waals surface area (Å²) >= 11 is 0. The molecule has 0 aromatic carbocycles. The standard InChI is InChI=1S/C10H15F3N2/c1-15(6-8-3-2-4-8)7-9(5-14)10(11,12)13/h8-9H,2-4,6-7H2,1H3. The molecule has 5 heteroatoms. The van der Waals surface area contributed by atoms with Crippen molar-refractivity contribution >= 4 is 0 Å². The summed E-state index contributed by atoms with van der Waals surface area (Å²) in [6.45, 7) is 0.463. The van der Waals surface area contributed by atoms with Gasteiger partial charge in [0.15, 0.2) is 5.92 Å². The molecule has 2 nitrogen and oxygen atoms in total. The third kappa shape index (κ3) is 3.71. The van der Waals surface area contributed by atoms with Crippen LogP contribution in [0.25, 0.3) is 0 Å². The van der Waals surface area contributed by atoms with E-state index in [1.807, 2.05) is 0 Å². The quantitative estimate of drug-likeness (QED) is 0.727. The van der Waals surface area contributed by atoms with Gasteiger partial charge in [0.25, 0.3) is 0 Å². The minimum atomic E-state index is -4.40. The molecule has 1 saturated carbocycles. The van der Waals surface area contributed by atoms with Crippen LogP contribution in [0, 0.1) is 23.2 Å². The van der Waals surface area contributed by atoms with E-state index in [-0.39, 0.29) is 6.54 Å². The van der Waals surface area contributed by atoms with Crippen molar-refractivity contribution in [3.63, 3.8) is 0 Å². The molecule has 0 heterocycles. The largest absolute Gasteiger partial charge is 0.405 e. The molecule has 1 aliphatic carbocycles. The van der Waals surface area contributed by atoms with Gasteiger partial charge >= 0.3 is 6.18 Å². The number of hydrogen-bond acceptors (Lipinski definition) is 2. The highest BCUT2D eigenvalue weighted by molar-refractivity contribution is 4.90. The Hall–Kier alpha value is -0.760. The maximum Gasteiger partial charge on any atom is 0.405 e. The average Bonchev–Trinajstić information content (AvgIpc) is 2.05. The molecule has 1 unspecified atom stereocenters. The van der Waals surface area contributed by atoms with E-state index in [1.54, 1.807) is 11.9 Å². The van der Waals surface area contributed by atoms with Gasteiger partial charge in [-0.2, -0.15) is 18.4 Å². The number of hydrogen-bond donors (Lipinski definition) is 0. The molecule has 0 spiro atoms. The highest BCUT2D eigenvalue weighted by atomic mass is 19.4. The van der Waals surface area contributed by atoms with Gasteiger partial charge in [0.05, 0.1) is 6.07 Å². The van der Waals surface area contributed by atoms with E-state index in [9.17, 15) is 13.2 Å². The summed E-state index contributed by atoms with van der Waals surface area (Å²) in [5.41, 5.74) is 0. The molecule has 0 aliphatic heterocycles. The van der Waals surface area contributed by atoms with E-state index in [4.69, 9.17) is 5.26 Å². The molecular weight excluding hydrogens is 205 g/mol. The van der Waals surface area contributed by atoms with E-state index in [1.165, 1.54) is 12.5 Å². The zero-order valence-corrected chi connectivity index (χ0v) is 8.72. The minimum Gasteiger partial charge on any atom is -0.304 e. The van der Waals surface area contributed by atoms with Gasteiger partial charge in [-0.1, -0.05) is 6.42 Å². The number of rotatable bonds is 4. The first-order valence-electron chi connectivity index (χ1n) is 5.08. The molecule has 0 radical (unpaired) electrons. The second-order valence-electron chi connectivity index (χ2n) is 4.24. The molecule has 1 rings (SSSR count). The fourth-order valence-electron chi connectivity index (χ4n) is 1.72. The second-order valence-corrected chi connectivity index (χ2v) is 4.24. The molecule has 0 bridgehead atoms. The van der Waals surface area contributed by atoms with E-state index < -0.39 is 12.1 Å². The van der Waals surface area contributed by atoms with Crippen molar-refractivity contribution in [1.29, 1.82) is 5.26 Å². The summed E-state index contributed by atoms with van der Waals surface area (Å²) in [6.07, 6.45) is -1.01. The zero-order valence-electron chi connectivity index (χ0n) is 8.72. The van der Waals surface area contributed by atoms with E-state index in [2.05, 4.69) is 0 Å². The van der Waals surface area contributed by atoms with Crippen LogP contribution >= 0.6 is 0 Å². The number of halogens is 3. The Labute approximate surface area is 87.7 Å². The first-order chi connectivity index (χ1) is 6.93. The third-order valence-corrected chi connectivity index (χ3v) is 2.84. The van der Waals surface area contributed by atoms with E-state index in [0.717, 1.165) is 12.8 Å². The van der Waals surface area contributed by atoms with Crippen LogP contribution in [0.15, 0.2) is 0 Å². The van der Waals surface area contributed by atoms with Gasteiger partial charge < -0.3 is 4.90 Å². The van der Waals surface area contributed by atoms with Crippen LogP contribution in [0.3, 0.4) is 0 Å². The van der Waals surface area contributed by atoms with Crippen molar-refractivity contribution in [2.24, 2.45) is 11.8 Å². The monoisotopic (exact) mass is 220 g/mol. The Balaban J connectivity index is 2.34. The Morgan fingerprint density at radius 1 is 1.47 bits per heavy atom. The summed E-state index contributed by atoms with van der Waals surface area (Å²) in [4.78, 5) is 1.62. The third-order valence-electron chi connectivity index (χ3n) is 2.84. The number of nitriles is 1. The maximum atomic E-state index is 12.3. The van der Waals surface area contributed by atoms with Gasteiger partial charge in [-0.3, -0.25) is 0 Å². The van der Waals surface area contributed by atoms with Crippen molar-refractivity contribution in [2.75, 3.05) is 20.1 Å². The first kappa shape index (κ1) is 12.3. The smallest absolute Gasteiger partial charge is 0.304 e. The SMILES string of the molecule is CN(CC1CCC1)CC(C#N)C(F)(F)F. The lowest BCUT2D eigenvalue weighted by Gasteiger charge is -2.31. The van der Waals surface area contributed by atoms with Crippen molar-refractivity contribution in [3.8, 4) is 6.07 Å². The van der Waals surface area contributed by atoms with Gasteiger partial charge in [-0.05, 0) is 25.8 Å². The van der Waals surface area contributed by atoms with Gasteiger partial charge in [0.1, 0.15) is 0 Å². The summed E-state index contributed by atoms with van der Waals surface area (Å²) in [5.74, 6) is -1.33. The van der Waals surface area contributed by atoms with Gasteiger partial charge in [-0.15, -0.1) is 0 Å². The van der Waals surface area contributed by atoms with Crippen molar-refractivity contribution in [1.82, 2.24) is 4.90 Å². The predicted octanol–water partition coefficient (Wildman–Crippen LogP) is 2.42. The van der Waals surface area contributed by atoms with Crippen LogP contribution in [0.1, 0.15) is 19.3 Å². The van der Waals surface area contributed by atoms with Crippen molar-refractivity contribution < 1.29 is 13.2 Å². The summed E-state index contributed by atoms with van der Waals surface area (Å²) in [7, 11) is 1.65. The minimum absolute atomic E-state index is 0.212. The van der Waals surface area contributed by atoms with Crippen LogP contribution in [-0.2, 0) is 0 Å². The lowest BCUT2D eigenvalue weighted by Crippen LogP contribution is -2.37. The summed E-state index contributed by atoms with van der Waals surface area (Å²) in [5, 5.41) is 8.42. The topological polar surface area (TPSA) is 27.0 Å². The Kier molecular flexibility index (Phi) is 3.97. The molecule has 0 N–H and O–H groups in total. The van der Waals surface area contributed by atoms with Crippen LogP contribution < -0.4 is 0 Å². The van der Waals surface area contributed by atoms with Gasteiger partial charge in [0.2, 0.25) is 0 Å². The maximum absolute atomic E-state index is 12.3. The van der Waals surface area contributed by atoms with Crippen molar-refractivity contribution in [3.05, 3.63) is 0 Å². The summed E-state index contributed by atoms with van der Waals surface area (Å²) in [6, 6.07) is 1.32. The Morgan fingerprint density at radius 2 is 2.07 bits per heavy atom. The van der Waals surface area contributed by atoms with Crippen LogP contribution in [-0.4, -0.2) is 31.2 Å². The molecule has 0 aromatic heterocycles. The molecule has 15 heavy (non-hydrogen) atoms. The molecule has 0 aromatic rings. The highest BCUT2D eigenvalue weighted by Gasteiger charge is 2.40. The summed E-state index contributed by atoms with van der Waals surface area (Å²) < 4.78 is 36.8. The van der Waals surface area contributed by atoms with Crippen LogP contribution in [0.4, 0.5) is 13.2 Å². The first-order valence-corrected chi connectivity index (χ1v) is 5.08. The molecule has 0 amide bonds.